The van der Waals surface area contributed by atoms with E-state index in [0.717, 1.165) is 80.7 Å². The standard InChI is InChI=1S/C48H49N5O6/c54-36-12-14-38-32(23-36)9-13-37(30-5-2-1-3-6-30)44(38)31-7-10-35(11-8-31)51-21-18-48(19-22-51)17-4-20-52(29-48)43(56)28-50-26-33-24-39-40(25-34(33)27-50)47(59)53(46(39)58)41-15-16-42(55)49-45(41)57/h1-3,5-8,10-12,14,23-25,37,41,44,54H,4,9,13,15-22,26-29H2,(H,49,55,57)/t37-,41?,44+/m1/s1. The van der Waals surface area contributed by atoms with Crippen LogP contribution in [0.1, 0.15) is 111 Å². The maximum atomic E-state index is 13.8. The number of rotatable bonds is 6. The summed E-state index contributed by atoms with van der Waals surface area (Å²) in [7, 11) is 0. The molecule has 0 bridgehead atoms. The fourth-order valence-electron chi connectivity index (χ4n) is 11.1. The number of phenols is 1. The maximum absolute atomic E-state index is 13.8. The number of nitrogens with zero attached hydrogens (tertiary/aromatic N) is 4. The number of benzene rings is 4. The summed E-state index contributed by atoms with van der Waals surface area (Å²) in [6.45, 7) is 4.71. The second-order valence-corrected chi connectivity index (χ2v) is 17.7. The molecule has 5 aliphatic heterocycles. The first-order chi connectivity index (χ1) is 28.6. The van der Waals surface area contributed by atoms with Gasteiger partial charge in [0.1, 0.15) is 11.8 Å². The molecule has 1 spiro atoms. The average molecular weight is 792 g/mol. The van der Waals surface area contributed by atoms with Crippen molar-refractivity contribution in [1.82, 2.24) is 20.0 Å². The summed E-state index contributed by atoms with van der Waals surface area (Å²) in [4.78, 5) is 72.4. The molecule has 5 heterocycles. The third kappa shape index (κ3) is 6.79. The molecule has 5 amide bonds. The molecule has 0 radical (unpaired) electrons. The topological polar surface area (TPSA) is 131 Å². The van der Waals surface area contributed by atoms with Crippen LogP contribution in [0.25, 0.3) is 0 Å². The Labute approximate surface area is 344 Å². The Morgan fingerprint density at radius 1 is 0.746 bits per heavy atom. The zero-order valence-electron chi connectivity index (χ0n) is 33.2. The lowest BCUT2D eigenvalue weighted by Gasteiger charge is -2.48. The van der Waals surface area contributed by atoms with Crippen molar-refractivity contribution >= 4 is 35.2 Å². The lowest BCUT2D eigenvalue weighted by molar-refractivity contribution is -0.137. The number of anilines is 1. The molecule has 3 atom stereocenters. The predicted octanol–water partition coefficient (Wildman–Crippen LogP) is 5.88. The molecule has 59 heavy (non-hydrogen) atoms. The van der Waals surface area contributed by atoms with E-state index >= 15 is 0 Å². The molecule has 4 aromatic carbocycles. The number of carbonyl (C=O) groups excluding carboxylic acids is 5. The average Bonchev–Trinajstić information content (AvgIpc) is 3.75. The number of hydrogen-bond donors (Lipinski definition) is 2. The highest BCUT2D eigenvalue weighted by Crippen LogP contribution is 2.48. The van der Waals surface area contributed by atoms with Crippen molar-refractivity contribution in [3.05, 3.63) is 129 Å². The van der Waals surface area contributed by atoms with Crippen molar-refractivity contribution in [1.29, 1.82) is 0 Å². The normalized spacial score (nSPS) is 23.9. The van der Waals surface area contributed by atoms with E-state index < -0.39 is 29.7 Å². The zero-order valence-corrected chi connectivity index (χ0v) is 33.2. The van der Waals surface area contributed by atoms with Crippen LogP contribution in [0.3, 0.4) is 0 Å². The molecule has 0 saturated carbocycles. The molecule has 1 aliphatic carbocycles. The summed E-state index contributed by atoms with van der Waals surface area (Å²) in [5.41, 5.74) is 8.92. The second-order valence-electron chi connectivity index (χ2n) is 17.7. The fourth-order valence-corrected chi connectivity index (χ4v) is 11.1. The molecule has 4 aromatic rings. The van der Waals surface area contributed by atoms with Gasteiger partial charge in [0.25, 0.3) is 11.8 Å². The molecule has 11 nitrogen and oxygen atoms in total. The molecule has 3 saturated heterocycles. The van der Waals surface area contributed by atoms with E-state index in [1.54, 1.807) is 12.1 Å². The Bertz CT molecular complexity index is 2330. The number of aryl methyl sites for hydroxylation is 1. The van der Waals surface area contributed by atoms with Gasteiger partial charge < -0.3 is 14.9 Å². The Balaban J connectivity index is 0.763. The molecule has 11 heteroatoms. The molecule has 6 aliphatic rings. The highest BCUT2D eigenvalue weighted by Gasteiger charge is 2.46. The number of hydrogen-bond acceptors (Lipinski definition) is 8. The fraction of sp³-hybridized carbons (Fsp3) is 0.396. The number of nitrogens with one attached hydrogen (secondary N) is 1. The Kier molecular flexibility index (Phi) is 9.38. The van der Waals surface area contributed by atoms with E-state index in [1.807, 2.05) is 12.1 Å². The molecule has 1 unspecified atom stereocenters. The maximum Gasteiger partial charge on any atom is 0.262 e. The minimum atomic E-state index is -0.993. The minimum Gasteiger partial charge on any atom is -0.508 e. The van der Waals surface area contributed by atoms with Gasteiger partial charge in [-0.05, 0) is 126 Å². The third-order valence-corrected chi connectivity index (χ3v) is 14.2. The Hall–Kier alpha value is -5.81. The molecule has 302 valence electrons. The van der Waals surface area contributed by atoms with Crippen molar-refractivity contribution in [2.75, 3.05) is 37.6 Å². The minimum absolute atomic E-state index is 0.0796. The van der Waals surface area contributed by atoms with Gasteiger partial charge in [-0.2, -0.15) is 0 Å². The van der Waals surface area contributed by atoms with Crippen molar-refractivity contribution in [2.45, 2.75) is 82.3 Å². The molecule has 0 aromatic heterocycles. The number of phenolic OH excluding ortho intramolecular Hbond substituents is 1. The van der Waals surface area contributed by atoms with Crippen molar-refractivity contribution in [3.63, 3.8) is 0 Å². The summed E-state index contributed by atoms with van der Waals surface area (Å²) >= 11 is 0. The molecule has 2 N–H and O–H groups in total. The first-order valence-electron chi connectivity index (χ1n) is 21.2. The van der Waals surface area contributed by atoms with Crippen LogP contribution in [0.5, 0.6) is 5.75 Å². The van der Waals surface area contributed by atoms with Crippen LogP contribution < -0.4 is 10.2 Å². The first kappa shape index (κ1) is 37.5. The van der Waals surface area contributed by atoms with Gasteiger partial charge in [-0.15, -0.1) is 0 Å². The van der Waals surface area contributed by atoms with Crippen LogP contribution in [-0.2, 0) is 33.9 Å². The summed E-state index contributed by atoms with van der Waals surface area (Å²) in [5.74, 6) is -1.02. The summed E-state index contributed by atoms with van der Waals surface area (Å²) in [5, 5.41) is 12.5. The van der Waals surface area contributed by atoms with Gasteiger partial charge in [-0.25, -0.2) is 0 Å². The number of piperidine rings is 3. The highest BCUT2D eigenvalue weighted by atomic mass is 16.3. The van der Waals surface area contributed by atoms with E-state index in [9.17, 15) is 29.1 Å². The largest absolute Gasteiger partial charge is 0.508 e. The van der Waals surface area contributed by atoms with Crippen LogP contribution in [-0.4, -0.2) is 88.1 Å². The molecule has 3 fully saturated rings. The number of aromatic hydroxyl groups is 1. The van der Waals surface area contributed by atoms with Gasteiger partial charge in [0.2, 0.25) is 17.7 Å². The van der Waals surface area contributed by atoms with Crippen molar-refractivity contribution in [3.8, 4) is 5.75 Å². The van der Waals surface area contributed by atoms with Crippen molar-refractivity contribution in [2.24, 2.45) is 5.41 Å². The van der Waals surface area contributed by atoms with Crippen LogP contribution in [0.2, 0.25) is 0 Å². The second kappa shape index (κ2) is 14.8. The van der Waals surface area contributed by atoms with Crippen LogP contribution in [0.15, 0.2) is 84.9 Å². The molecule has 10 rings (SSSR count). The van der Waals surface area contributed by atoms with E-state index in [2.05, 4.69) is 80.7 Å². The quantitative estimate of drug-likeness (QED) is 0.232. The van der Waals surface area contributed by atoms with E-state index in [4.69, 9.17) is 0 Å². The monoisotopic (exact) mass is 791 g/mol. The van der Waals surface area contributed by atoms with Gasteiger partial charge in [0.05, 0.1) is 17.7 Å². The first-order valence-corrected chi connectivity index (χ1v) is 21.2. The zero-order chi connectivity index (χ0) is 40.4. The smallest absolute Gasteiger partial charge is 0.262 e. The number of fused-ring (bicyclic) bond motifs is 3. The number of likely N-dealkylation sites (tertiary alicyclic amines) is 1. The number of amides is 5. The van der Waals surface area contributed by atoms with Crippen LogP contribution in [0, 0.1) is 5.41 Å². The highest BCUT2D eigenvalue weighted by molar-refractivity contribution is 6.23. The molecular formula is C48H49N5O6. The molecular weight excluding hydrogens is 743 g/mol. The third-order valence-electron chi connectivity index (χ3n) is 14.2. The van der Waals surface area contributed by atoms with Crippen LogP contribution in [0.4, 0.5) is 5.69 Å². The lowest BCUT2D eigenvalue weighted by atomic mass is 9.69. The van der Waals surface area contributed by atoms with Gasteiger partial charge in [-0.1, -0.05) is 48.5 Å². The van der Waals surface area contributed by atoms with Gasteiger partial charge >= 0.3 is 0 Å². The van der Waals surface area contributed by atoms with Gasteiger partial charge in [0.15, 0.2) is 0 Å². The summed E-state index contributed by atoms with van der Waals surface area (Å²) < 4.78 is 0. The summed E-state index contributed by atoms with van der Waals surface area (Å²) in [6, 6.07) is 28.4. The van der Waals surface area contributed by atoms with E-state index in [-0.39, 0.29) is 47.8 Å². The van der Waals surface area contributed by atoms with E-state index in [1.165, 1.54) is 27.9 Å². The summed E-state index contributed by atoms with van der Waals surface area (Å²) in [6.07, 6.45) is 6.37. The predicted molar refractivity (Wildman–Crippen MR) is 221 cm³/mol. The lowest BCUT2D eigenvalue weighted by Crippen LogP contribution is -2.54. The SMILES string of the molecule is O=C1CCC(N2C(=O)c3cc4c(cc3C2=O)CN(CC(=O)N2CCCC3(CCN(c5ccc([C@@H]6c7ccc(O)cc7CC[C@@H]6c6ccccc6)cc5)CC3)C2)C4)C(=O)N1. The van der Waals surface area contributed by atoms with Gasteiger partial charge in [0, 0.05) is 57.3 Å². The number of imide groups is 2. The van der Waals surface area contributed by atoms with Gasteiger partial charge in [-0.3, -0.25) is 39.1 Å². The Morgan fingerprint density at radius 2 is 1.46 bits per heavy atom. The van der Waals surface area contributed by atoms with E-state index in [0.29, 0.717) is 24.8 Å². The Morgan fingerprint density at radius 3 is 2.15 bits per heavy atom. The van der Waals surface area contributed by atoms with Crippen molar-refractivity contribution < 1.29 is 29.1 Å². The van der Waals surface area contributed by atoms with Crippen LogP contribution >= 0.6 is 0 Å². The number of carbonyl (C=O) groups is 5.